The quantitative estimate of drug-likeness (QED) is 0.904. The molecule has 0 aromatic carbocycles. The maximum absolute atomic E-state index is 5.38. The summed E-state index contributed by atoms with van der Waals surface area (Å²) in [5, 5.41) is 3.47. The number of anilines is 2. The molecule has 0 radical (unpaired) electrons. The Morgan fingerprint density at radius 3 is 2.68 bits per heavy atom. The van der Waals surface area contributed by atoms with Crippen molar-refractivity contribution >= 4 is 27.4 Å². The van der Waals surface area contributed by atoms with Crippen molar-refractivity contribution in [3.05, 3.63) is 46.8 Å². The van der Waals surface area contributed by atoms with E-state index >= 15 is 0 Å². The first-order valence-electron chi connectivity index (χ1n) is 7.39. The van der Waals surface area contributed by atoms with Gasteiger partial charge in [-0.3, -0.25) is 4.98 Å². The normalized spacial score (nSPS) is 16.4. The first-order valence-corrected chi connectivity index (χ1v) is 8.18. The molecule has 0 saturated carbocycles. The van der Waals surface area contributed by atoms with E-state index in [0.29, 0.717) is 0 Å². The minimum Gasteiger partial charge on any atom is -0.378 e. The number of rotatable bonds is 4. The minimum absolute atomic E-state index is 0.200. The largest absolute Gasteiger partial charge is 0.378 e. The number of hydrogen-bond acceptors (Lipinski definition) is 5. The average molecular weight is 363 g/mol. The third kappa shape index (κ3) is 3.56. The van der Waals surface area contributed by atoms with Crippen molar-refractivity contribution in [1.82, 2.24) is 9.97 Å². The van der Waals surface area contributed by atoms with Crippen LogP contribution < -0.4 is 10.2 Å². The van der Waals surface area contributed by atoms with E-state index in [4.69, 9.17) is 4.74 Å². The molecule has 3 heterocycles. The highest BCUT2D eigenvalue weighted by atomic mass is 79.9. The predicted molar refractivity (Wildman–Crippen MR) is 91.2 cm³/mol. The fraction of sp³-hybridized carbons (Fsp3) is 0.375. The average Bonchev–Trinajstić information content (AvgIpc) is 2.56. The third-order valence-corrected chi connectivity index (χ3v) is 4.31. The number of aromatic nitrogens is 2. The highest BCUT2D eigenvalue weighted by Gasteiger charge is 2.16. The van der Waals surface area contributed by atoms with Gasteiger partial charge in [-0.25, -0.2) is 4.98 Å². The molecule has 6 heteroatoms. The Morgan fingerprint density at radius 1 is 1.27 bits per heavy atom. The zero-order valence-corrected chi connectivity index (χ0v) is 14.1. The molecule has 0 amide bonds. The van der Waals surface area contributed by atoms with E-state index in [2.05, 4.69) is 49.1 Å². The van der Waals surface area contributed by atoms with Crippen molar-refractivity contribution in [3.63, 3.8) is 0 Å². The lowest BCUT2D eigenvalue weighted by molar-refractivity contribution is 0.122. The second-order valence-electron chi connectivity index (χ2n) is 5.28. The molecule has 1 N–H and O–H groups in total. The van der Waals surface area contributed by atoms with Gasteiger partial charge in [-0.05, 0) is 46.6 Å². The van der Waals surface area contributed by atoms with E-state index in [-0.39, 0.29) is 6.04 Å². The molecule has 0 spiro atoms. The van der Waals surface area contributed by atoms with Gasteiger partial charge < -0.3 is 15.0 Å². The molecule has 1 fully saturated rings. The Labute approximate surface area is 138 Å². The van der Waals surface area contributed by atoms with Crippen molar-refractivity contribution in [1.29, 1.82) is 0 Å². The smallest absolute Gasteiger partial charge is 0.143 e. The van der Waals surface area contributed by atoms with Gasteiger partial charge in [0.1, 0.15) is 5.82 Å². The van der Waals surface area contributed by atoms with Gasteiger partial charge in [0.25, 0.3) is 0 Å². The fourth-order valence-electron chi connectivity index (χ4n) is 2.50. The molecule has 116 valence electrons. The molecule has 1 aliphatic heterocycles. The molecule has 1 aliphatic rings. The maximum Gasteiger partial charge on any atom is 0.143 e. The number of hydrogen-bond donors (Lipinski definition) is 1. The van der Waals surface area contributed by atoms with Crippen LogP contribution >= 0.6 is 15.9 Å². The van der Waals surface area contributed by atoms with Crippen LogP contribution in [0, 0.1) is 0 Å². The van der Waals surface area contributed by atoms with Gasteiger partial charge >= 0.3 is 0 Å². The summed E-state index contributed by atoms with van der Waals surface area (Å²) in [6.07, 6.45) is 5.50. The van der Waals surface area contributed by atoms with Crippen LogP contribution in [-0.2, 0) is 4.74 Å². The SMILES string of the molecule is CC(Nc1cnc(N2CCOCC2)c(Br)c1)c1ccncc1. The van der Waals surface area contributed by atoms with Crippen LogP contribution in [0.1, 0.15) is 18.5 Å². The van der Waals surface area contributed by atoms with Crippen molar-refractivity contribution in [2.24, 2.45) is 0 Å². The Balaban J connectivity index is 1.71. The lowest BCUT2D eigenvalue weighted by Crippen LogP contribution is -2.37. The number of pyridine rings is 2. The zero-order chi connectivity index (χ0) is 15.4. The summed E-state index contributed by atoms with van der Waals surface area (Å²) in [4.78, 5) is 10.9. The highest BCUT2D eigenvalue weighted by molar-refractivity contribution is 9.10. The minimum atomic E-state index is 0.200. The first kappa shape index (κ1) is 15.2. The molecule has 1 saturated heterocycles. The standard InChI is InChI=1S/C16H19BrN4O/c1-12(13-2-4-18-5-3-13)20-14-10-15(17)16(19-11-14)21-6-8-22-9-7-21/h2-5,10-12,20H,6-9H2,1H3. The predicted octanol–water partition coefficient (Wildman–Crippen LogP) is 3.25. The third-order valence-electron chi connectivity index (χ3n) is 3.72. The molecule has 0 aliphatic carbocycles. The maximum atomic E-state index is 5.38. The molecule has 22 heavy (non-hydrogen) atoms. The van der Waals surface area contributed by atoms with Gasteiger partial charge in [0.15, 0.2) is 0 Å². The molecule has 1 atom stereocenters. The van der Waals surface area contributed by atoms with E-state index in [0.717, 1.165) is 42.3 Å². The molecular weight excluding hydrogens is 344 g/mol. The summed E-state index contributed by atoms with van der Waals surface area (Å²) in [7, 11) is 0. The molecular formula is C16H19BrN4O. The molecule has 3 rings (SSSR count). The van der Waals surface area contributed by atoms with E-state index in [1.807, 2.05) is 30.7 Å². The van der Waals surface area contributed by atoms with Crippen LogP contribution in [0.25, 0.3) is 0 Å². The monoisotopic (exact) mass is 362 g/mol. The number of halogens is 1. The number of morpholine rings is 1. The van der Waals surface area contributed by atoms with Gasteiger partial charge in [0.05, 0.1) is 29.6 Å². The van der Waals surface area contributed by atoms with E-state index < -0.39 is 0 Å². The molecule has 1 unspecified atom stereocenters. The Morgan fingerprint density at radius 2 is 2.00 bits per heavy atom. The van der Waals surface area contributed by atoms with Gasteiger partial charge in [0.2, 0.25) is 0 Å². The van der Waals surface area contributed by atoms with Crippen LogP contribution in [0.15, 0.2) is 41.3 Å². The topological polar surface area (TPSA) is 50.3 Å². The number of nitrogens with zero attached hydrogens (tertiary/aromatic N) is 3. The molecule has 2 aromatic heterocycles. The van der Waals surface area contributed by atoms with Crippen LogP contribution in [0.5, 0.6) is 0 Å². The van der Waals surface area contributed by atoms with Crippen molar-refractivity contribution in [3.8, 4) is 0 Å². The van der Waals surface area contributed by atoms with Crippen LogP contribution in [0.4, 0.5) is 11.5 Å². The fourth-order valence-corrected chi connectivity index (χ4v) is 3.10. The van der Waals surface area contributed by atoms with E-state index in [1.165, 1.54) is 5.56 Å². The summed E-state index contributed by atoms with van der Waals surface area (Å²) < 4.78 is 6.39. The Bertz CT molecular complexity index is 617. The summed E-state index contributed by atoms with van der Waals surface area (Å²) in [6, 6.07) is 6.31. The molecule has 0 bridgehead atoms. The lowest BCUT2D eigenvalue weighted by Gasteiger charge is -2.28. The summed E-state index contributed by atoms with van der Waals surface area (Å²) in [5.41, 5.74) is 2.19. The van der Waals surface area contributed by atoms with Crippen LogP contribution in [-0.4, -0.2) is 36.3 Å². The van der Waals surface area contributed by atoms with Gasteiger partial charge in [-0.15, -0.1) is 0 Å². The van der Waals surface area contributed by atoms with Crippen LogP contribution in [0.3, 0.4) is 0 Å². The van der Waals surface area contributed by atoms with E-state index in [1.54, 1.807) is 0 Å². The van der Waals surface area contributed by atoms with Crippen LogP contribution in [0.2, 0.25) is 0 Å². The summed E-state index contributed by atoms with van der Waals surface area (Å²) >= 11 is 3.63. The van der Waals surface area contributed by atoms with Crippen molar-refractivity contribution < 1.29 is 4.74 Å². The summed E-state index contributed by atoms with van der Waals surface area (Å²) in [5.74, 6) is 0.977. The second kappa shape index (κ2) is 7.07. The summed E-state index contributed by atoms with van der Waals surface area (Å²) in [6.45, 7) is 5.40. The van der Waals surface area contributed by atoms with E-state index in [9.17, 15) is 0 Å². The zero-order valence-electron chi connectivity index (χ0n) is 12.5. The number of ether oxygens (including phenoxy) is 1. The van der Waals surface area contributed by atoms with Crippen molar-refractivity contribution in [2.75, 3.05) is 36.5 Å². The molecule has 2 aromatic rings. The first-order chi connectivity index (χ1) is 10.7. The second-order valence-corrected chi connectivity index (χ2v) is 6.13. The Kier molecular flexibility index (Phi) is 4.90. The Hall–Kier alpha value is -1.66. The van der Waals surface area contributed by atoms with Gasteiger partial charge in [0, 0.05) is 31.5 Å². The van der Waals surface area contributed by atoms with Crippen molar-refractivity contribution in [2.45, 2.75) is 13.0 Å². The van der Waals surface area contributed by atoms with Gasteiger partial charge in [-0.1, -0.05) is 0 Å². The molecule has 5 nitrogen and oxygen atoms in total. The lowest BCUT2D eigenvalue weighted by atomic mass is 10.1. The number of nitrogens with one attached hydrogen (secondary N) is 1. The highest BCUT2D eigenvalue weighted by Crippen LogP contribution is 2.28. The van der Waals surface area contributed by atoms with Gasteiger partial charge in [-0.2, -0.15) is 0 Å².